The molecular formula is C10H12N4S2. The molecule has 0 spiro atoms. The zero-order valence-electron chi connectivity index (χ0n) is 8.91. The lowest BCUT2D eigenvalue weighted by Crippen LogP contribution is -1.97. The molecule has 0 aliphatic rings. The number of tetrazole rings is 1. The summed E-state index contributed by atoms with van der Waals surface area (Å²) in [5.74, 6) is 1.10. The summed E-state index contributed by atoms with van der Waals surface area (Å²) in [7, 11) is 3.39. The highest BCUT2D eigenvalue weighted by Crippen LogP contribution is 2.30. The second-order valence-electron chi connectivity index (χ2n) is 3.11. The van der Waals surface area contributed by atoms with Crippen molar-refractivity contribution < 1.29 is 0 Å². The van der Waals surface area contributed by atoms with Crippen molar-refractivity contribution in [2.75, 3.05) is 5.75 Å². The number of nitrogens with zero attached hydrogens (tertiary/aromatic N) is 4. The van der Waals surface area contributed by atoms with Gasteiger partial charge in [-0.1, -0.05) is 35.9 Å². The van der Waals surface area contributed by atoms with Gasteiger partial charge in [-0.2, -0.15) is 4.68 Å². The van der Waals surface area contributed by atoms with Crippen LogP contribution in [0.2, 0.25) is 0 Å². The quantitative estimate of drug-likeness (QED) is 0.604. The molecule has 0 fully saturated rings. The molecule has 0 atom stereocenters. The predicted octanol–water partition coefficient (Wildman–Crippen LogP) is 2.81. The zero-order chi connectivity index (χ0) is 11.2. The molecule has 0 bridgehead atoms. The van der Waals surface area contributed by atoms with E-state index >= 15 is 0 Å². The highest BCUT2D eigenvalue weighted by molar-refractivity contribution is 8.76. The van der Waals surface area contributed by atoms with E-state index in [1.54, 1.807) is 26.3 Å². The van der Waals surface area contributed by atoms with Crippen LogP contribution in [0.4, 0.5) is 0 Å². The largest absolute Gasteiger partial charge is 0.224 e. The molecule has 0 amide bonds. The summed E-state index contributed by atoms with van der Waals surface area (Å²) in [4.78, 5) is 0. The molecule has 84 valence electrons. The molecule has 0 unspecified atom stereocenters. The van der Waals surface area contributed by atoms with Gasteiger partial charge in [0.15, 0.2) is 0 Å². The number of aromatic nitrogens is 4. The van der Waals surface area contributed by atoms with Gasteiger partial charge in [0.2, 0.25) is 5.16 Å². The van der Waals surface area contributed by atoms with E-state index in [1.165, 1.54) is 0 Å². The third-order valence-corrected chi connectivity index (χ3v) is 4.26. The predicted molar refractivity (Wildman–Crippen MR) is 67.8 cm³/mol. The fourth-order valence-corrected chi connectivity index (χ4v) is 3.16. The minimum Gasteiger partial charge on any atom is -0.187 e. The first-order valence-electron chi connectivity index (χ1n) is 5.05. The maximum absolute atomic E-state index is 4.01. The monoisotopic (exact) mass is 252 g/mol. The minimum atomic E-state index is 0.824. The number of hydrogen-bond donors (Lipinski definition) is 0. The van der Waals surface area contributed by atoms with E-state index in [0.29, 0.717) is 0 Å². The Hall–Kier alpha value is -1.01. The van der Waals surface area contributed by atoms with Crippen LogP contribution in [0, 0.1) is 0 Å². The zero-order valence-corrected chi connectivity index (χ0v) is 10.5. The van der Waals surface area contributed by atoms with Crippen molar-refractivity contribution >= 4 is 21.6 Å². The lowest BCUT2D eigenvalue weighted by Gasteiger charge is -2.02. The van der Waals surface area contributed by atoms with Crippen molar-refractivity contribution in [3.05, 3.63) is 30.3 Å². The van der Waals surface area contributed by atoms with Crippen LogP contribution in [0.1, 0.15) is 13.3 Å². The van der Waals surface area contributed by atoms with Crippen LogP contribution in [0.3, 0.4) is 0 Å². The average Bonchev–Trinajstić information content (AvgIpc) is 2.79. The summed E-state index contributed by atoms with van der Waals surface area (Å²) in [6.45, 7) is 2.16. The third-order valence-electron chi connectivity index (χ3n) is 1.86. The first-order valence-corrected chi connectivity index (χ1v) is 7.37. The maximum Gasteiger partial charge on any atom is 0.224 e. The molecule has 2 rings (SSSR count). The Balaban J connectivity index is 2.13. The number of rotatable bonds is 5. The van der Waals surface area contributed by atoms with Crippen LogP contribution in [-0.2, 0) is 0 Å². The van der Waals surface area contributed by atoms with Crippen LogP contribution in [0.15, 0.2) is 35.5 Å². The summed E-state index contributed by atoms with van der Waals surface area (Å²) in [6.07, 6.45) is 1.16. The lowest BCUT2D eigenvalue weighted by molar-refractivity contribution is 0.758. The van der Waals surface area contributed by atoms with Crippen molar-refractivity contribution in [3.8, 4) is 5.69 Å². The topological polar surface area (TPSA) is 43.6 Å². The second-order valence-corrected chi connectivity index (χ2v) is 5.50. The summed E-state index contributed by atoms with van der Waals surface area (Å²) in [5, 5.41) is 12.5. The Bertz CT molecular complexity index is 429. The molecule has 2 aromatic rings. The lowest BCUT2D eigenvalue weighted by atomic mass is 10.3. The molecule has 0 saturated carbocycles. The van der Waals surface area contributed by atoms with Gasteiger partial charge in [-0.15, -0.1) is 5.10 Å². The summed E-state index contributed by atoms with van der Waals surface area (Å²) in [5.41, 5.74) is 0.993. The van der Waals surface area contributed by atoms with E-state index in [9.17, 15) is 0 Å². The van der Waals surface area contributed by atoms with E-state index in [4.69, 9.17) is 0 Å². The molecular weight excluding hydrogens is 240 g/mol. The van der Waals surface area contributed by atoms with Crippen LogP contribution in [-0.4, -0.2) is 26.0 Å². The molecule has 4 nitrogen and oxygen atoms in total. The summed E-state index contributed by atoms with van der Waals surface area (Å²) in [6, 6.07) is 9.91. The van der Waals surface area contributed by atoms with Crippen molar-refractivity contribution in [3.63, 3.8) is 0 Å². The highest BCUT2D eigenvalue weighted by Gasteiger charge is 2.08. The highest BCUT2D eigenvalue weighted by atomic mass is 33.1. The minimum absolute atomic E-state index is 0.824. The molecule has 0 N–H and O–H groups in total. The van der Waals surface area contributed by atoms with Crippen molar-refractivity contribution in [1.82, 2.24) is 20.2 Å². The molecule has 0 radical (unpaired) electrons. The molecule has 0 aliphatic carbocycles. The standard InChI is InChI=1S/C10H12N4S2/c1-2-8-15-16-10-11-12-13-14(10)9-6-4-3-5-7-9/h3-7H,2,8H2,1H3. The van der Waals surface area contributed by atoms with Gasteiger partial charge in [0.25, 0.3) is 0 Å². The van der Waals surface area contributed by atoms with E-state index in [1.807, 2.05) is 30.3 Å². The van der Waals surface area contributed by atoms with E-state index < -0.39 is 0 Å². The van der Waals surface area contributed by atoms with E-state index in [2.05, 4.69) is 22.4 Å². The molecule has 0 aliphatic heterocycles. The number of benzene rings is 1. The summed E-state index contributed by atoms with van der Waals surface area (Å²) < 4.78 is 1.76. The van der Waals surface area contributed by atoms with Crippen LogP contribution >= 0.6 is 21.6 Å². The van der Waals surface area contributed by atoms with Crippen molar-refractivity contribution in [2.24, 2.45) is 0 Å². The van der Waals surface area contributed by atoms with Crippen LogP contribution in [0.25, 0.3) is 5.69 Å². The Morgan fingerprint density at radius 1 is 1.25 bits per heavy atom. The van der Waals surface area contributed by atoms with E-state index in [-0.39, 0.29) is 0 Å². The number of hydrogen-bond acceptors (Lipinski definition) is 5. The normalized spacial score (nSPS) is 10.6. The number of para-hydroxylation sites is 1. The molecule has 1 heterocycles. The molecule has 1 aromatic heterocycles. The van der Waals surface area contributed by atoms with Crippen LogP contribution in [0.5, 0.6) is 0 Å². The third kappa shape index (κ3) is 2.76. The van der Waals surface area contributed by atoms with Gasteiger partial charge in [0, 0.05) is 5.75 Å². The van der Waals surface area contributed by atoms with Crippen LogP contribution < -0.4 is 0 Å². The summed E-state index contributed by atoms with van der Waals surface area (Å²) >= 11 is 0. The smallest absolute Gasteiger partial charge is 0.187 e. The van der Waals surface area contributed by atoms with Gasteiger partial charge in [-0.25, -0.2) is 0 Å². The van der Waals surface area contributed by atoms with Gasteiger partial charge in [0.05, 0.1) is 5.69 Å². The Morgan fingerprint density at radius 3 is 2.81 bits per heavy atom. The average molecular weight is 252 g/mol. The van der Waals surface area contributed by atoms with E-state index in [0.717, 1.165) is 23.0 Å². The second kappa shape index (κ2) is 5.91. The van der Waals surface area contributed by atoms with Gasteiger partial charge >= 0.3 is 0 Å². The first-order chi connectivity index (χ1) is 7.92. The first kappa shape index (κ1) is 11.5. The molecule has 16 heavy (non-hydrogen) atoms. The fourth-order valence-electron chi connectivity index (χ4n) is 1.14. The van der Waals surface area contributed by atoms with Crippen molar-refractivity contribution in [1.29, 1.82) is 0 Å². The van der Waals surface area contributed by atoms with Gasteiger partial charge in [-0.3, -0.25) is 0 Å². The molecule has 1 aromatic carbocycles. The SMILES string of the molecule is CCCSSc1nnnn1-c1ccccc1. The molecule has 0 saturated heterocycles. The maximum atomic E-state index is 4.01. The Labute approximate surface area is 102 Å². The fraction of sp³-hybridized carbons (Fsp3) is 0.300. The Morgan fingerprint density at radius 2 is 2.06 bits per heavy atom. The Kier molecular flexibility index (Phi) is 4.24. The van der Waals surface area contributed by atoms with Gasteiger partial charge < -0.3 is 0 Å². The van der Waals surface area contributed by atoms with Gasteiger partial charge in [0.1, 0.15) is 0 Å². The molecule has 6 heteroatoms. The van der Waals surface area contributed by atoms with Crippen molar-refractivity contribution in [2.45, 2.75) is 18.5 Å². The van der Waals surface area contributed by atoms with Gasteiger partial charge in [-0.05, 0) is 39.8 Å².